The maximum absolute atomic E-state index is 10.5. The highest BCUT2D eigenvalue weighted by Gasteiger charge is 2.16. The van der Waals surface area contributed by atoms with E-state index >= 15 is 0 Å². The van der Waals surface area contributed by atoms with Crippen molar-refractivity contribution in [1.29, 1.82) is 0 Å². The van der Waals surface area contributed by atoms with E-state index in [2.05, 4.69) is 57.6 Å². The van der Waals surface area contributed by atoms with Gasteiger partial charge in [0, 0.05) is 62.4 Å². The normalized spacial score (nSPS) is 18.9. The summed E-state index contributed by atoms with van der Waals surface area (Å²) in [7, 11) is 3.96. The van der Waals surface area contributed by atoms with Crippen molar-refractivity contribution in [3.8, 4) is 0 Å². The van der Waals surface area contributed by atoms with Crippen molar-refractivity contribution >= 4 is 27.4 Å². The van der Waals surface area contributed by atoms with Gasteiger partial charge in [0.25, 0.3) is 0 Å². The van der Waals surface area contributed by atoms with Crippen LogP contribution in [0.2, 0.25) is 0 Å². The van der Waals surface area contributed by atoms with Crippen molar-refractivity contribution in [3.05, 3.63) is 35.2 Å². The molecule has 3 rings (SSSR count). The average molecular weight is 404 g/mol. The average Bonchev–Trinajstić information content (AvgIpc) is 3.14. The van der Waals surface area contributed by atoms with Crippen molar-refractivity contribution in [2.45, 2.75) is 13.0 Å². The molecule has 0 amide bonds. The number of piperazine rings is 1. The van der Waals surface area contributed by atoms with Gasteiger partial charge in [-0.25, -0.2) is 0 Å². The quantitative estimate of drug-likeness (QED) is 0.487. The lowest BCUT2D eigenvalue weighted by atomic mass is 10.1. The minimum atomic E-state index is -0.543. The first kappa shape index (κ1) is 21.0. The van der Waals surface area contributed by atoms with E-state index in [0.717, 1.165) is 50.1 Å². The first-order valence-corrected chi connectivity index (χ1v) is 10.9. The highest BCUT2D eigenvalue weighted by molar-refractivity contribution is 7.19. The second-order valence-corrected chi connectivity index (χ2v) is 8.86. The van der Waals surface area contributed by atoms with Gasteiger partial charge < -0.3 is 25.5 Å². The maximum Gasteiger partial charge on any atom is 0.191 e. The summed E-state index contributed by atoms with van der Waals surface area (Å²) in [6.07, 6.45) is -0.543. The Hall–Kier alpha value is -1.67. The molecule has 0 aliphatic carbocycles. The Morgan fingerprint density at radius 2 is 1.89 bits per heavy atom. The van der Waals surface area contributed by atoms with Crippen LogP contribution in [0.4, 0.5) is 0 Å². The van der Waals surface area contributed by atoms with Crippen LogP contribution in [0.25, 0.3) is 10.1 Å². The van der Waals surface area contributed by atoms with Gasteiger partial charge in [-0.05, 0) is 30.5 Å². The number of hydrogen-bond donors (Lipinski definition) is 3. The van der Waals surface area contributed by atoms with Crippen LogP contribution in [0.3, 0.4) is 0 Å². The number of thiophene rings is 1. The second-order valence-electron chi connectivity index (χ2n) is 7.75. The number of likely N-dealkylation sites (N-methyl/N-ethyl adjacent to an activating group) is 1. The molecular weight excluding hydrogens is 370 g/mol. The molecule has 0 bridgehead atoms. The molecule has 154 valence electrons. The molecule has 2 atom stereocenters. The topological polar surface area (TPSA) is 63.1 Å². The lowest BCUT2D eigenvalue weighted by molar-refractivity contribution is 0.139. The molecule has 1 saturated heterocycles. The van der Waals surface area contributed by atoms with Crippen molar-refractivity contribution in [3.63, 3.8) is 0 Å². The van der Waals surface area contributed by atoms with Crippen LogP contribution in [0.1, 0.15) is 17.9 Å². The summed E-state index contributed by atoms with van der Waals surface area (Å²) in [5, 5.41) is 18.4. The Balaban J connectivity index is 1.41. The van der Waals surface area contributed by atoms with Gasteiger partial charge in [-0.15, -0.1) is 11.3 Å². The molecule has 3 N–H and O–H groups in total. The van der Waals surface area contributed by atoms with E-state index in [9.17, 15) is 5.11 Å². The summed E-state index contributed by atoms with van der Waals surface area (Å²) >= 11 is 1.64. The molecule has 0 radical (unpaired) electrons. The van der Waals surface area contributed by atoms with Gasteiger partial charge in [-0.1, -0.05) is 25.1 Å². The summed E-state index contributed by atoms with van der Waals surface area (Å²) in [5.41, 5.74) is 0. The fourth-order valence-electron chi connectivity index (χ4n) is 3.49. The molecule has 2 unspecified atom stereocenters. The largest absolute Gasteiger partial charge is 0.386 e. The van der Waals surface area contributed by atoms with E-state index in [1.807, 2.05) is 12.1 Å². The molecule has 2 aromatic rings. The van der Waals surface area contributed by atoms with Gasteiger partial charge in [0.15, 0.2) is 5.96 Å². The van der Waals surface area contributed by atoms with Gasteiger partial charge in [0.2, 0.25) is 0 Å². The number of aliphatic hydroxyl groups excluding tert-OH is 1. The van der Waals surface area contributed by atoms with Gasteiger partial charge in [0.05, 0.1) is 0 Å². The van der Waals surface area contributed by atoms with Crippen LogP contribution in [0.15, 0.2) is 35.3 Å². The minimum Gasteiger partial charge on any atom is -0.386 e. The summed E-state index contributed by atoms with van der Waals surface area (Å²) in [5.74, 6) is 1.28. The Kier molecular flexibility index (Phi) is 7.67. The van der Waals surface area contributed by atoms with E-state index in [1.165, 1.54) is 10.1 Å². The highest BCUT2D eigenvalue weighted by Crippen LogP contribution is 2.29. The van der Waals surface area contributed by atoms with E-state index in [4.69, 9.17) is 0 Å². The van der Waals surface area contributed by atoms with Crippen LogP contribution in [0.5, 0.6) is 0 Å². The fraction of sp³-hybridized carbons (Fsp3) is 0.571. The van der Waals surface area contributed by atoms with E-state index in [0.29, 0.717) is 12.5 Å². The third-order valence-electron chi connectivity index (χ3n) is 5.24. The molecule has 1 aromatic heterocycles. The molecule has 0 saturated carbocycles. The zero-order valence-electron chi connectivity index (χ0n) is 17.2. The molecule has 0 spiro atoms. The number of aliphatic imine (C=N–C) groups is 1. The lowest BCUT2D eigenvalue weighted by Crippen LogP contribution is -2.47. The first-order chi connectivity index (χ1) is 13.5. The number of nitrogens with one attached hydrogen (secondary N) is 2. The summed E-state index contributed by atoms with van der Waals surface area (Å²) in [6.45, 7) is 9.28. The third kappa shape index (κ3) is 5.91. The first-order valence-electron chi connectivity index (χ1n) is 10.1. The standard InChI is InChI=1S/C21H33N5OS/c1-16(15-26-10-8-25(3)9-11-26)13-23-21(22-2)24-14-18(27)20-12-17-6-4-5-7-19(17)28-20/h4-7,12,16,18,27H,8-11,13-15H2,1-3H3,(H2,22,23,24). The van der Waals surface area contributed by atoms with E-state index in [1.54, 1.807) is 18.4 Å². The highest BCUT2D eigenvalue weighted by atomic mass is 32.1. The molecule has 7 heteroatoms. The van der Waals surface area contributed by atoms with Gasteiger partial charge in [-0.3, -0.25) is 4.99 Å². The van der Waals surface area contributed by atoms with Crippen molar-refractivity contribution in [2.24, 2.45) is 10.9 Å². The van der Waals surface area contributed by atoms with E-state index in [-0.39, 0.29) is 0 Å². The predicted octanol–water partition coefficient (Wildman–Crippen LogP) is 1.98. The van der Waals surface area contributed by atoms with Crippen LogP contribution < -0.4 is 10.6 Å². The van der Waals surface area contributed by atoms with E-state index < -0.39 is 6.10 Å². The number of nitrogens with zero attached hydrogens (tertiary/aromatic N) is 3. The molecule has 6 nitrogen and oxygen atoms in total. The van der Waals surface area contributed by atoms with Crippen LogP contribution in [-0.2, 0) is 0 Å². The fourth-order valence-corrected chi connectivity index (χ4v) is 4.54. The second kappa shape index (κ2) is 10.2. The molecule has 28 heavy (non-hydrogen) atoms. The SMILES string of the molecule is CN=C(NCC(C)CN1CCN(C)CC1)NCC(O)c1cc2ccccc2s1. The molecule has 1 aliphatic heterocycles. The number of guanidine groups is 1. The molecule has 1 aliphatic rings. The van der Waals surface area contributed by atoms with Crippen molar-refractivity contribution in [2.75, 3.05) is 59.9 Å². The molecule has 2 heterocycles. The van der Waals surface area contributed by atoms with Gasteiger partial charge >= 0.3 is 0 Å². The Bertz CT molecular complexity index is 736. The molecule has 1 fully saturated rings. The van der Waals surface area contributed by atoms with Gasteiger partial charge in [-0.2, -0.15) is 0 Å². The smallest absolute Gasteiger partial charge is 0.191 e. The van der Waals surface area contributed by atoms with Gasteiger partial charge in [0.1, 0.15) is 6.10 Å². The monoisotopic (exact) mass is 403 g/mol. The number of rotatable bonds is 7. The Morgan fingerprint density at radius 1 is 1.18 bits per heavy atom. The molecule has 1 aromatic carbocycles. The summed E-state index contributed by atoms with van der Waals surface area (Å²) in [4.78, 5) is 10.2. The minimum absolute atomic E-state index is 0.444. The molecular formula is C21H33N5OS. The summed E-state index contributed by atoms with van der Waals surface area (Å²) < 4.78 is 1.21. The van der Waals surface area contributed by atoms with Crippen molar-refractivity contribution in [1.82, 2.24) is 20.4 Å². The predicted molar refractivity (Wildman–Crippen MR) is 119 cm³/mol. The zero-order chi connectivity index (χ0) is 19.9. The number of fused-ring (bicyclic) bond motifs is 1. The Labute approximate surface area is 172 Å². The summed E-state index contributed by atoms with van der Waals surface area (Å²) in [6, 6.07) is 10.3. The number of hydrogen-bond acceptors (Lipinski definition) is 5. The van der Waals surface area contributed by atoms with Crippen LogP contribution in [-0.4, -0.2) is 80.8 Å². The maximum atomic E-state index is 10.5. The Morgan fingerprint density at radius 3 is 2.61 bits per heavy atom. The zero-order valence-corrected chi connectivity index (χ0v) is 18.0. The lowest BCUT2D eigenvalue weighted by Gasteiger charge is -2.34. The van der Waals surface area contributed by atoms with Crippen LogP contribution in [0, 0.1) is 5.92 Å². The third-order valence-corrected chi connectivity index (χ3v) is 6.46. The number of benzene rings is 1. The van der Waals surface area contributed by atoms with Crippen LogP contribution >= 0.6 is 11.3 Å². The number of aliphatic hydroxyl groups is 1. The van der Waals surface area contributed by atoms with Crippen molar-refractivity contribution < 1.29 is 5.11 Å².